The van der Waals surface area contributed by atoms with Crippen LogP contribution >= 0.6 is 11.6 Å². The predicted octanol–water partition coefficient (Wildman–Crippen LogP) is 9.09. The molecule has 1 nitrogen and oxygen atoms in total. The lowest BCUT2D eigenvalue weighted by molar-refractivity contribution is 0.912. The van der Waals surface area contributed by atoms with E-state index in [0.29, 0.717) is 0 Å². The van der Waals surface area contributed by atoms with Crippen molar-refractivity contribution in [2.75, 3.05) is 4.90 Å². The second-order valence-corrected chi connectivity index (χ2v) is 9.29. The van der Waals surface area contributed by atoms with Crippen LogP contribution in [0.4, 0.5) is 17.1 Å². The summed E-state index contributed by atoms with van der Waals surface area (Å²) in [5, 5.41) is 0.751. The van der Waals surface area contributed by atoms with Crippen LogP contribution in [0.25, 0.3) is 12.2 Å². The van der Waals surface area contributed by atoms with Crippen LogP contribution in [0.15, 0.2) is 84.9 Å². The van der Waals surface area contributed by atoms with Crippen molar-refractivity contribution in [3.63, 3.8) is 0 Å². The first-order valence-electron chi connectivity index (χ1n) is 11.6. The monoisotopic (exact) mass is 449 g/mol. The number of hydrogen-bond acceptors (Lipinski definition) is 1. The highest BCUT2D eigenvalue weighted by Gasteiger charge is 2.18. The van der Waals surface area contributed by atoms with Gasteiger partial charge in [0.2, 0.25) is 0 Å². The molecule has 0 amide bonds. The molecular formula is C31H28ClN. The summed E-state index contributed by atoms with van der Waals surface area (Å²) in [6.07, 6.45) is 8.02. The highest BCUT2D eigenvalue weighted by Crippen LogP contribution is 2.39. The van der Waals surface area contributed by atoms with Crippen molar-refractivity contribution in [3.8, 4) is 0 Å². The highest BCUT2D eigenvalue weighted by atomic mass is 35.5. The normalized spacial score (nSPS) is 12.8. The van der Waals surface area contributed by atoms with E-state index in [1.54, 1.807) is 0 Å². The maximum Gasteiger partial charge on any atom is 0.0467 e. The molecule has 0 saturated heterocycles. The molecular weight excluding hydrogens is 422 g/mol. The molecule has 0 N–H and O–H groups in total. The Morgan fingerprint density at radius 3 is 2.06 bits per heavy atom. The van der Waals surface area contributed by atoms with Crippen molar-refractivity contribution >= 4 is 40.8 Å². The van der Waals surface area contributed by atoms with E-state index in [1.165, 1.54) is 64.0 Å². The lowest BCUT2D eigenvalue weighted by Crippen LogP contribution is -2.11. The molecule has 0 bridgehead atoms. The number of aryl methyl sites for hydroxylation is 4. The Hall–Kier alpha value is -3.29. The van der Waals surface area contributed by atoms with Crippen molar-refractivity contribution < 1.29 is 0 Å². The van der Waals surface area contributed by atoms with Gasteiger partial charge in [-0.05, 0) is 115 Å². The molecule has 2 heteroatoms. The van der Waals surface area contributed by atoms with E-state index in [0.717, 1.165) is 10.7 Å². The lowest BCUT2D eigenvalue weighted by Gasteiger charge is -2.27. The van der Waals surface area contributed by atoms with Crippen LogP contribution in [-0.4, -0.2) is 0 Å². The highest BCUT2D eigenvalue weighted by molar-refractivity contribution is 6.30. The summed E-state index contributed by atoms with van der Waals surface area (Å²) in [5.74, 6) is 0. The van der Waals surface area contributed by atoms with Gasteiger partial charge in [-0.3, -0.25) is 0 Å². The molecule has 0 radical (unpaired) electrons. The second-order valence-electron chi connectivity index (χ2n) is 8.86. The molecule has 164 valence electrons. The summed E-state index contributed by atoms with van der Waals surface area (Å²) in [6, 6.07) is 30.1. The largest absolute Gasteiger partial charge is 0.310 e. The number of benzene rings is 4. The average molecular weight is 450 g/mol. The third kappa shape index (κ3) is 4.60. The van der Waals surface area contributed by atoms with E-state index >= 15 is 0 Å². The molecule has 0 atom stereocenters. The van der Waals surface area contributed by atoms with Gasteiger partial charge in [0.15, 0.2) is 0 Å². The molecule has 1 aliphatic rings. The molecule has 0 saturated carbocycles. The minimum absolute atomic E-state index is 0.751. The number of fused-ring (bicyclic) bond motifs is 1. The van der Waals surface area contributed by atoms with Crippen molar-refractivity contribution in [1.82, 2.24) is 0 Å². The Morgan fingerprint density at radius 2 is 1.33 bits per heavy atom. The summed E-state index contributed by atoms with van der Waals surface area (Å²) in [5.41, 5.74) is 11.4. The topological polar surface area (TPSA) is 3.24 Å². The van der Waals surface area contributed by atoms with Crippen molar-refractivity contribution in [2.45, 2.75) is 33.1 Å². The Morgan fingerprint density at radius 1 is 0.667 bits per heavy atom. The van der Waals surface area contributed by atoms with Crippen molar-refractivity contribution in [2.24, 2.45) is 0 Å². The summed E-state index contributed by atoms with van der Waals surface area (Å²) < 4.78 is 0. The molecule has 4 aromatic carbocycles. The van der Waals surface area contributed by atoms with Gasteiger partial charge >= 0.3 is 0 Å². The first kappa shape index (κ1) is 21.6. The molecule has 0 heterocycles. The molecule has 4 aromatic rings. The van der Waals surface area contributed by atoms with Crippen LogP contribution in [0.3, 0.4) is 0 Å². The van der Waals surface area contributed by atoms with Gasteiger partial charge in [-0.15, -0.1) is 0 Å². The zero-order chi connectivity index (χ0) is 22.8. The minimum Gasteiger partial charge on any atom is -0.310 e. The van der Waals surface area contributed by atoms with E-state index in [9.17, 15) is 0 Å². The van der Waals surface area contributed by atoms with Crippen LogP contribution in [0.2, 0.25) is 5.02 Å². The van der Waals surface area contributed by atoms with E-state index in [-0.39, 0.29) is 0 Å². The Kier molecular flexibility index (Phi) is 6.07. The fraction of sp³-hybridized carbons (Fsp3) is 0.161. The molecule has 1 aliphatic carbocycles. The van der Waals surface area contributed by atoms with E-state index in [4.69, 9.17) is 11.6 Å². The molecule has 0 aliphatic heterocycles. The van der Waals surface area contributed by atoms with Gasteiger partial charge in [-0.1, -0.05) is 60.2 Å². The third-order valence-corrected chi connectivity index (χ3v) is 6.76. The summed E-state index contributed by atoms with van der Waals surface area (Å²) in [4.78, 5) is 2.35. The van der Waals surface area contributed by atoms with Crippen LogP contribution in [0, 0.1) is 13.8 Å². The maximum atomic E-state index is 6.22. The van der Waals surface area contributed by atoms with Gasteiger partial charge in [-0.25, -0.2) is 0 Å². The molecule has 0 spiro atoms. The van der Waals surface area contributed by atoms with Gasteiger partial charge in [0.05, 0.1) is 0 Å². The Bertz CT molecular complexity index is 1280. The van der Waals surface area contributed by atoms with Crippen LogP contribution in [0.1, 0.15) is 39.8 Å². The summed E-state index contributed by atoms with van der Waals surface area (Å²) >= 11 is 6.22. The average Bonchev–Trinajstić information content (AvgIpc) is 3.29. The summed E-state index contributed by atoms with van der Waals surface area (Å²) in [7, 11) is 0. The van der Waals surface area contributed by atoms with E-state index in [2.05, 4.69) is 97.6 Å². The standard InChI is InChI=1S/C31H28ClN/c1-22-19-30(20-23(2)31(22)18-11-24-7-4-3-5-8-24)33(28-16-13-27(32)14-17-28)29-15-12-25-9-6-10-26(25)21-29/h3-5,7-8,11-21H,6,9-10H2,1-2H3. The van der Waals surface area contributed by atoms with E-state index < -0.39 is 0 Å². The fourth-order valence-electron chi connectivity index (χ4n) is 4.82. The minimum atomic E-state index is 0.751. The lowest BCUT2D eigenvalue weighted by atomic mass is 9.99. The third-order valence-electron chi connectivity index (χ3n) is 6.50. The van der Waals surface area contributed by atoms with Gasteiger partial charge in [-0.2, -0.15) is 0 Å². The number of nitrogens with zero attached hydrogens (tertiary/aromatic N) is 1. The number of halogens is 1. The molecule has 5 rings (SSSR count). The van der Waals surface area contributed by atoms with Crippen LogP contribution in [-0.2, 0) is 12.8 Å². The SMILES string of the molecule is Cc1cc(N(c2ccc(Cl)cc2)c2ccc3c(c2)CCC3)cc(C)c1C=Cc1ccccc1. The van der Waals surface area contributed by atoms with Gasteiger partial charge in [0, 0.05) is 22.1 Å². The van der Waals surface area contributed by atoms with Crippen molar-refractivity contribution in [3.05, 3.63) is 123 Å². The fourth-order valence-corrected chi connectivity index (χ4v) is 4.95. The Labute approximate surface area is 202 Å². The quantitative estimate of drug-likeness (QED) is 0.274. The first-order valence-corrected chi connectivity index (χ1v) is 12.0. The Balaban J connectivity index is 1.58. The number of anilines is 3. The smallest absolute Gasteiger partial charge is 0.0467 e. The number of hydrogen-bond donors (Lipinski definition) is 0. The maximum absolute atomic E-state index is 6.22. The van der Waals surface area contributed by atoms with Gasteiger partial charge < -0.3 is 4.90 Å². The first-order chi connectivity index (χ1) is 16.1. The predicted molar refractivity (Wildman–Crippen MR) is 143 cm³/mol. The van der Waals surface area contributed by atoms with E-state index in [1.807, 2.05) is 18.2 Å². The number of rotatable bonds is 5. The zero-order valence-electron chi connectivity index (χ0n) is 19.2. The molecule has 0 aromatic heterocycles. The van der Waals surface area contributed by atoms with Crippen LogP contribution < -0.4 is 4.90 Å². The van der Waals surface area contributed by atoms with Crippen LogP contribution in [0.5, 0.6) is 0 Å². The van der Waals surface area contributed by atoms with Crippen molar-refractivity contribution in [1.29, 1.82) is 0 Å². The molecule has 0 unspecified atom stereocenters. The molecule has 33 heavy (non-hydrogen) atoms. The summed E-state index contributed by atoms with van der Waals surface area (Å²) in [6.45, 7) is 4.40. The molecule has 0 fully saturated rings. The zero-order valence-corrected chi connectivity index (χ0v) is 19.9. The van der Waals surface area contributed by atoms with Gasteiger partial charge in [0.25, 0.3) is 0 Å². The second kappa shape index (κ2) is 9.29. The van der Waals surface area contributed by atoms with Gasteiger partial charge in [0.1, 0.15) is 0 Å².